The fraction of sp³-hybridized carbons (Fsp3) is 0.0714. The Hall–Kier alpha value is -1.91. The van der Waals surface area contributed by atoms with Crippen LogP contribution in [0, 0.1) is 6.92 Å². The quantitative estimate of drug-likeness (QED) is 0.628. The van der Waals surface area contributed by atoms with Gasteiger partial charge in [0, 0.05) is 6.21 Å². The first-order valence-corrected chi connectivity index (χ1v) is 5.72. The van der Waals surface area contributed by atoms with E-state index in [1.54, 1.807) is 24.4 Å². The van der Waals surface area contributed by atoms with Crippen molar-refractivity contribution in [2.24, 2.45) is 4.99 Å². The summed E-state index contributed by atoms with van der Waals surface area (Å²) in [6.07, 6.45) is 1.64. The van der Waals surface area contributed by atoms with Gasteiger partial charge in [0.1, 0.15) is 0 Å². The summed E-state index contributed by atoms with van der Waals surface area (Å²) in [4.78, 5) is 4.31. The third kappa shape index (κ3) is 3.06. The number of hydrogen-bond acceptors (Lipinski definition) is 3. The zero-order valence-electron chi connectivity index (χ0n) is 10.1. The lowest BCUT2D eigenvalue weighted by atomic mass is 9.77. The highest BCUT2D eigenvalue weighted by Gasteiger charge is 2.13. The average molecular weight is 239 g/mol. The van der Waals surface area contributed by atoms with E-state index in [9.17, 15) is 10.0 Å². The summed E-state index contributed by atoms with van der Waals surface area (Å²) >= 11 is 0. The Morgan fingerprint density at radius 3 is 2.33 bits per heavy atom. The highest BCUT2D eigenvalue weighted by Crippen LogP contribution is 2.12. The lowest BCUT2D eigenvalue weighted by Gasteiger charge is -2.03. The molecular weight excluding hydrogens is 225 g/mol. The van der Waals surface area contributed by atoms with E-state index in [-0.39, 0.29) is 0 Å². The van der Waals surface area contributed by atoms with Crippen LogP contribution >= 0.6 is 0 Å². The summed E-state index contributed by atoms with van der Waals surface area (Å²) in [6, 6.07) is 14.9. The van der Waals surface area contributed by atoms with E-state index < -0.39 is 7.12 Å². The number of benzene rings is 2. The van der Waals surface area contributed by atoms with Gasteiger partial charge < -0.3 is 10.0 Å². The molecule has 2 aromatic carbocycles. The Kier molecular flexibility index (Phi) is 3.92. The van der Waals surface area contributed by atoms with Gasteiger partial charge in [-0.2, -0.15) is 0 Å². The molecule has 0 aliphatic rings. The molecule has 0 atom stereocenters. The SMILES string of the molecule is Cc1ccc(N=Cc2ccccc2B(O)O)cc1. The van der Waals surface area contributed by atoms with Crippen LogP contribution in [-0.4, -0.2) is 23.4 Å². The second-order valence-electron chi connectivity index (χ2n) is 4.10. The number of hydrogen-bond donors (Lipinski definition) is 2. The van der Waals surface area contributed by atoms with Crippen molar-refractivity contribution < 1.29 is 10.0 Å². The van der Waals surface area contributed by atoms with E-state index in [1.165, 1.54) is 5.56 Å². The van der Waals surface area contributed by atoms with Crippen molar-refractivity contribution >= 4 is 24.5 Å². The van der Waals surface area contributed by atoms with Gasteiger partial charge in [0.2, 0.25) is 0 Å². The van der Waals surface area contributed by atoms with Crippen LogP contribution in [0.4, 0.5) is 5.69 Å². The van der Waals surface area contributed by atoms with E-state index in [2.05, 4.69) is 4.99 Å². The summed E-state index contributed by atoms with van der Waals surface area (Å²) in [6.45, 7) is 2.02. The predicted molar refractivity (Wildman–Crippen MR) is 74.7 cm³/mol. The molecule has 0 bridgehead atoms. The molecule has 2 N–H and O–H groups in total. The highest BCUT2D eigenvalue weighted by atomic mass is 16.4. The first kappa shape index (κ1) is 12.5. The van der Waals surface area contributed by atoms with Crippen molar-refractivity contribution in [2.45, 2.75) is 6.92 Å². The molecule has 0 saturated heterocycles. The molecule has 0 unspecified atom stereocenters. The third-order valence-corrected chi connectivity index (χ3v) is 2.66. The van der Waals surface area contributed by atoms with Gasteiger partial charge in [-0.25, -0.2) is 0 Å². The fourth-order valence-electron chi connectivity index (χ4n) is 1.64. The monoisotopic (exact) mass is 239 g/mol. The zero-order chi connectivity index (χ0) is 13.0. The number of aryl methyl sites for hydroxylation is 1. The molecule has 0 aliphatic carbocycles. The van der Waals surface area contributed by atoms with Gasteiger partial charge in [0.05, 0.1) is 5.69 Å². The van der Waals surface area contributed by atoms with Crippen molar-refractivity contribution in [2.75, 3.05) is 0 Å². The molecule has 4 heteroatoms. The topological polar surface area (TPSA) is 52.8 Å². The van der Waals surface area contributed by atoms with Crippen LogP contribution in [0.2, 0.25) is 0 Å². The smallest absolute Gasteiger partial charge is 0.423 e. The molecule has 0 fully saturated rings. The lowest BCUT2D eigenvalue weighted by molar-refractivity contribution is 0.425. The molecule has 3 nitrogen and oxygen atoms in total. The summed E-state index contributed by atoms with van der Waals surface area (Å²) in [5.74, 6) is 0. The molecule has 0 aromatic heterocycles. The zero-order valence-corrected chi connectivity index (χ0v) is 10.1. The van der Waals surface area contributed by atoms with Gasteiger partial charge in [-0.05, 0) is 30.1 Å². The highest BCUT2D eigenvalue weighted by molar-refractivity contribution is 6.60. The Morgan fingerprint density at radius 1 is 1.00 bits per heavy atom. The second kappa shape index (κ2) is 5.62. The Bertz CT molecular complexity index is 550. The molecular formula is C14H14BNO2. The van der Waals surface area contributed by atoms with Crippen LogP contribution in [0.5, 0.6) is 0 Å². The van der Waals surface area contributed by atoms with Gasteiger partial charge in [-0.15, -0.1) is 0 Å². The minimum absolute atomic E-state index is 0.452. The van der Waals surface area contributed by atoms with E-state index in [0.29, 0.717) is 11.0 Å². The van der Waals surface area contributed by atoms with Crippen LogP contribution in [0.3, 0.4) is 0 Å². The second-order valence-corrected chi connectivity index (χ2v) is 4.10. The molecule has 18 heavy (non-hydrogen) atoms. The average Bonchev–Trinajstić information content (AvgIpc) is 2.38. The summed E-state index contributed by atoms with van der Waals surface area (Å²) < 4.78 is 0. The molecule has 0 amide bonds. The normalized spacial score (nSPS) is 10.8. The lowest BCUT2D eigenvalue weighted by Crippen LogP contribution is -2.32. The Labute approximate surface area is 107 Å². The maximum atomic E-state index is 9.23. The molecule has 0 saturated carbocycles. The summed E-state index contributed by atoms with van der Waals surface area (Å²) in [5.41, 5.74) is 3.17. The van der Waals surface area contributed by atoms with Crippen molar-refractivity contribution in [3.63, 3.8) is 0 Å². The van der Waals surface area contributed by atoms with Crippen LogP contribution in [-0.2, 0) is 0 Å². The third-order valence-electron chi connectivity index (χ3n) is 2.66. The Balaban J connectivity index is 2.26. The standard InChI is InChI=1S/C14H14BNO2/c1-11-6-8-13(9-7-11)16-10-12-4-2-3-5-14(12)15(17)18/h2-10,17-18H,1H3. The van der Waals surface area contributed by atoms with Crippen LogP contribution in [0.25, 0.3) is 0 Å². The fourth-order valence-corrected chi connectivity index (χ4v) is 1.64. The predicted octanol–water partition coefficient (Wildman–Crippen LogP) is 1.43. The molecule has 0 aliphatic heterocycles. The first-order valence-electron chi connectivity index (χ1n) is 5.72. The molecule has 2 aromatic rings. The van der Waals surface area contributed by atoms with Crippen molar-refractivity contribution in [3.05, 3.63) is 59.7 Å². The van der Waals surface area contributed by atoms with Gasteiger partial charge in [0.25, 0.3) is 0 Å². The van der Waals surface area contributed by atoms with Crippen molar-refractivity contribution in [1.82, 2.24) is 0 Å². The number of nitrogens with zero attached hydrogens (tertiary/aromatic N) is 1. The van der Waals surface area contributed by atoms with Crippen LogP contribution in [0.1, 0.15) is 11.1 Å². The van der Waals surface area contributed by atoms with Crippen LogP contribution in [0.15, 0.2) is 53.5 Å². The van der Waals surface area contributed by atoms with Gasteiger partial charge >= 0.3 is 7.12 Å². The van der Waals surface area contributed by atoms with E-state index in [0.717, 1.165) is 5.69 Å². The first-order chi connectivity index (χ1) is 8.66. The molecule has 90 valence electrons. The van der Waals surface area contributed by atoms with E-state index >= 15 is 0 Å². The van der Waals surface area contributed by atoms with Crippen LogP contribution < -0.4 is 5.46 Å². The molecule has 0 spiro atoms. The van der Waals surface area contributed by atoms with E-state index in [4.69, 9.17) is 0 Å². The minimum atomic E-state index is -1.48. The molecule has 0 heterocycles. The largest absolute Gasteiger partial charge is 0.489 e. The van der Waals surface area contributed by atoms with Gasteiger partial charge in [-0.1, -0.05) is 42.0 Å². The maximum Gasteiger partial charge on any atom is 0.489 e. The molecule has 0 radical (unpaired) electrons. The summed E-state index contributed by atoms with van der Waals surface area (Å²) in [5, 5.41) is 18.5. The maximum absolute atomic E-state index is 9.23. The van der Waals surface area contributed by atoms with Crippen molar-refractivity contribution in [1.29, 1.82) is 0 Å². The van der Waals surface area contributed by atoms with Gasteiger partial charge in [0.15, 0.2) is 0 Å². The number of rotatable bonds is 3. The van der Waals surface area contributed by atoms with E-state index in [1.807, 2.05) is 37.3 Å². The van der Waals surface area contributed by atoms with Gasteiger partial charge in [-0.3, -0.25) is 4.99 Å². The van der Waals surface area contributed by atoms with Crippen molar-refractivity contribution in [3.8, 4) is 0 Å². The minimum Gasteiger partial charge on any atom is -0.423 e. The summed E-state index contributed by atoms with van der Waals surface area (Å²) in [7, 11) is -1.48. The number of aliphatic imine (C=N–C) groups is 1. The molecule has 2 rings (SSSR count). The Morgan fingerprint density at radius 2 is 1.67 bits per heavy atom.